The first-order valence-electron chi connectivity index (χ1n) is 29.8. The van der Waals surface area contributed by atoms with Gasteiger partial charge in [-0.1, -0.05) is 109 Å². The Kier molecular flexibility index (Phi) is 9.07. The summed E-state index contributed by atoms with van der Waals surface area (Å²) in [7, 11) is 0. The quantitative estimate of drug-likeness (QED) is 0.171. The molecule has 0 N–H and O–H groups in total. The SMILES string of the molecule is c1ccc2c(c1)Oc1cc(-c3ccc4c(c3)c3cc(-c5ccc6c(c5)c5ccccc5n6-c5cc6c7c(c5)Oc5ccccc5N7c5ccccc5O6)ccc3n4-c3cc4c5c(c3)Oc3ccccc3N5c3ccccc3O4)cc3c1N2c1ccccc1O3. The Hall–Kier alpha value is -12.3. The minimum Gasteiger partial charge on any atom is -0.453 e. The van der Waals surface area contributed by atoms with Crippen LogP contribution < -0.4 is 43.1 Å². The number of para-hydroxylation sites is 13. The molecule has 11 heteroatoms. The van der Waals surface area contributed by atoms with Crippen LogP contribution in [0.3, 0.4) is 0 Å². The highest BCUT2D eigenvalue weighted by molar-refractivity contribution is 6.14. The first-order chi connectivity index (χ1) is 44.1. The molecule has 0 aliphatic carbocycles. The first kappa shape index (κ1) is 47.0. The van der Waals surface area contributed by atoms with Crippen molar-refractivity contribution in [1.29, 1.82) is 0 Å². The maximum atomic E-state index is 6.87. The van der Waals surface area contributed by atoms with Crippen LogP contribution in [-0.4, -0.2) is 9.13 Å². The van der Waals surface area contributed by atoms with Gasteiger partial charge in [-0.2, -0.15) is 0 Å². The Morgan fingerprint density at radius 3 is 0.787 bits per heavy atom. The molecule has 0 atom stereocenters. The van der Waals surface area contributed by atoms with Gasteiger partial charge in [0.1, 0.15) is 17.1 Å². The van der Waals surface area contributed by atoms with E-state index in [-0.39, 0.29) is 0 Å². The van der Waals surface area contributed by atoms with Crippen molar-refractivity contribution in [3.05, 3.63) is 261 Å². The monoisotopic (exact) mass is 1150 g/mol. The summed E-state index contributed by atoms with van der Waals surface area (Å²) in [4.78, 5) is 6.78. The van der Waals surface area contributed by atoms with Crippen LogP contribution >= 0.6 is 0 Å². The summed E-state index contributed by atoms with van der Waals surface area (Å²) >= 11 is 0. The zero-order valence-corrected chi connectivity index (χ0v) is 47.0. The molecule has 8 heterocycles. The Morgan fingerprint density at radius 1 is 0.191 bits per heavy atom. The lowest BCUT2D eigenvalue weighted by Gasteiger charge is -2.38. The predicted octanol–water partition coefficient (Wildman–Crippen LogP) is 22.3. The fraction of sp³-hybridized carbons (Fsp3) is 0. The summed E-state index contributed by atoms with van der Waals surface area (Å²) in [5.74, 6) is 8.97. The fourth-order valence-corrected chi connectivity index (χ4v) is 14.6. The number of rotatable bonds is 4. The highest BCUT2D eigenvalue weighted by Gasteiger charge is 2.39. The second kappa shape index (κ2) is 17.2. The highest BCUT2D eigenvalue weighted by Crippen LogP contribution is 2.64. The minimum atomic E-state index is 0.703. The fourth-order valence-electron chi connectivity index (χ4n) is 14.6. The van der Waals surface area contributed by atoms with Crippen molar-refractivity contribution in [1.82, 2.24) is 9.13 Å². The Morgan fingerprint density at radius 2 is 0.449 bits per heavy atom. The third-order valence-electron chi connectivity index (χ3n) is 18.3. The Balaban J connectivity index is 0.746. The summed E-state index contributed by atoms with van der Waals surface area (Å²) in [6.07, 6.45) is 0. The smallest absolute Gasteiger partial charge is 0.157 e. The summed E-state index contributed by atoms with van der Waals surface area (Å²) < 4.78 is 45.5. The number of aromatic nitrogens is 2. The normalized spacial score (nSPS) is 13.6. The zero-order chi connectivity index (χ0) is 57.7. The predicted molar refractivity (Wildman–Crippen MR) is 350 cm³/mol. The molecule has 13 aromatic carbocycles. The van der Waals surface area contributed by atoms with Gasteiger partial charge in [-0.05, 0) is 150 Å². The van der Waals surface area contributed by atoms with Gasteiger partial charge in [0, 0.05) is 45.8 Å². The van der Waals surface area contributed by atoms with Crippen LogP contribution in [0.15, 0.2) is 261 Å². The van der Waals surface area contributed by atoms with Gasteiger partial charge in [0.2, 0.25) is 0 Å². The molecule has 0 fully saturated rings. The van der Waals surface area contributed by atoms with Gasteiger partial charge in [0.15, 0.2) is 69.0 Å². The van der Waals surface area contributed by atoms with Crippen molar-refractivity contribution < 1.29 is 28.4 Å². The molecule has 21 rings (SSSR count). The number of ether oxygens (including phenoxy) is 6. The molecule has 2 aromatic heterocycles. The van der Waals surface area contributed by atoms with Crippen molar-refractivity contribution in [2.24, 2.45) is 0 Å². The number of benzene rings is 13. The Labute approximate surface area is 507 Å². The molecule has 0 radical (unpaired) electrons. The lowest BCUT2D eigenvalue weighted by molar-refractivity contribution is 0.445. The standard InChI is InChI=1S/C78H43N5O6/c1-2-16-54-50(15-1)51-35-44(29-32-55(51)79(54)48-40-72-77-73(41-48)87-67-26-12-6-20-61(67)82(77)60-19-5-11-25-66(60)86-72)45-30-33-56-52(36-45)53-37-46(47-38-70-76-71(39-47)85-65-24-10-4-18-59(65)81(76)58-17-3-9-23-64(58)84-70)31-34-57(53)80(56)49-42-74-78-75(43-49)89-69-28-14-8-22-63(69)83(78)62-21-7-13-27-68(62)88-74/h1-43H. The molecule has 0 amide bonds. The van der Waals surface area contributed by atoms with Gasteiger partial charge in [-0.25, -0.2) is 0 Å². The van der Waals surface area contributed by atoms with Crippen LogP contribution in [0.25, 0.3) is 77.2 Å². The molecule has 0 unspecified atom stereocenters. The van der Waals surface area contributed by atoms with Crippen LogP contribution in [0.2, 0.25) is 0 Å². The largest absolute Gasteiger partial charge is 0.453 e. The average molecular weight is 1150 g/mol. The Bertz CT molecular complexity index is 5490. The molecule has 0 saturated heterocycles. The maximum Gasteiger partial charge on any atom is 0.157 e. The van der Waals surface area contributed by atoms with E-state index in [2.05, 4.69) is 175 Å². The van der Waals surface area contributed by atoms with E-state index in [1.54, 1.807) is 0 Å². The average Bonchev–Trinajstić information content (AvgIpc) is 1.67. The molecule has 0 spiro atoms. The molecular formula is C78H43N5O6. The van der Waals surface area contributed by atoms with E-state index in [1.807, 2.05) is 109 Å². The molecule has 11 nitrogen and oxygen atoms in total. The second-order valence-electron chi connectivity index (χ2n) is 23.2. The molecule has 89 heavy (non-hydrogen) atoms. The molecule has 0 bridgehead atoms. The second-order valence-corrected chi connectivity index (χ2v) is 23.2. The lowest BCUT2D eigenvalue weighted by atomic mass is 9.98. The summed E-state index contributed by atoms with van der Waals surface area (Å²) in [6, 6.07) is 91.1. The number of fused-ring (bicyclic) bond motifs is 18. The van der Waals surface area contributed by atoms with Crippen LogP contribution in [0.1, 0.15) is 0 Å². The summed E-state index contributed by atoms with van der Waals surface area (Å²) in [5, 5.41) is 4.40. The molecule has 6 aliphatic rings. The third kappa shape index (κ3) is 6.48. The number of anilines is 9. The topological polar surface area (TPSA) is 75.0 Å². The van der Waals surface area contributed by atoms with E-state index in [0.717, 1.165) is 186 Å². The molecule has 0 saturated carbocycles. The van der Waals surface area contributed by atoms with Crippen molar-refractivity contribution in [3.63, 3.8) is 0 Å². The molecule has 15 aromatic rings. The van der Waals surface area contributed by atoms with Crippen molar-refractivity contribution in [2.45, 2.75) is 0 Å². The molecule has 416 valence electrons. The van der Waals surface area contributed by atoms with E-state index in [9.17, 15) is 0 Å². The molecular weight excluding hydrogens is 1100 g/mol. The maximum absolute atomic E-state index is 6.87. The number of hydrogen-bond donors (Lipinski definition) is 0. The van der Waals surface area contributed by atoms with Crippen molar-refractivity contribution in [3.8, 4) is 103 Å². The minimum absolute atomic E-state index is 0.703. The van der Waals surface area contributed by atoms with Crippen LogP contribution in [-0.2, 0) is 0 Å². The third-order valence-corrected chi connectivity index (χ3v) is 18.3. The van der Waals surface area contributed by atoms with E-state index >= 15 is 0 Å². The van der Waals surface area contributed by atoms with Crippen molar-refractivity contribution in [2.75, 3.05) is 14.7 Å². The van der Waals surface area contributed by atoms with Gasteiger partial charge < -0.3 is 37.6 Å². The van der Waals surface area contributed by atoms with Crippen LogP contribution in [0, 0.1) is 0 Å². The van der Waals surface area contributed by atoms with Crippen LogP contribution in [0.5, 0.6) is 69.0 Å². The van der Waals surface area contributed by atoms with Crippen molar-refractivity contribution >= 4 is 94.8 Å². The summed E-state index contributed by atoms with van der Waals surface area (Å²) in [5.41, 5.74) is 18.6. The van der Waals surface area contributed by atoms with Gasteiger partial charge in [-0.3, -0.25) is 14.7 Å². The zero-order valence-electron chi connectivity index (χ0n) is 47.0. The van der Waals surface area contributed by atoms with E-state index in [0.29, 0.717) is 11.5 Å². The van der Waals surface area contributed by atoms with E-state index in [1.165, 1.54) is 0 Å². The summed E-state index contributed by atoms with van der Waals surface area (Å²) in [6.45, 7) is 0. The van der Waals surface area contributed by atoms with E-state index in [4.69, 9.17) is 28.4 Å². The number of nitrogens with zero attached hydrogens (tertiary/aromatic N) is 5. The van der Waals surface area contributed by atoms with Crippen LogP contribution in [0.4, 0.5) is 51.2 Å². The van der Waals surface area contributed by atoms with Gasteiger partial charge in [-0.15, -0.1) is 0 Å². The van der Waals surface area contributed by atoms with Gasteiger partial charge >= 0.3 is 0 Å². The van der Waals surface area contributed by atoms with Gasteiger partial charge in [0.25, 0.3) is 0 Å². The van der Waals surface area contributed by atoms with E-state index < -0.39 is 0 Å². The number of hydrogen-bond acceptors (Lipinski definition) is 9. The highest BCUT2D eigenvalue weighted by atomic mass is 16.5. The van der Waals surface area contributed by atoms with Gasteiger partial charge in [0.05, 0.1) is 67.6 Å². The first-order valence-corrected chi connectivity index (χ1v) is 29.8. The lowest BCUT2D eigenvalue weighted by Crippen LogP contribution is -2.20. The molecule has 6 aliphatic heterocycles.